The number of nitrogens with one attached hydrogen (secondary N) is 1. The molecule has 0 unspecified atom stereocenters. The van der Waals surface area contributed by atoms with E-state index < -0.39 is 0 Å². The number of phenolic OH excluding ortho intramolecular Hbond substituents is 1. The third-order valence-corrected chi connectivity index (χ3v) is 5.57. The second kappa shape index (κ2) is 6.55. The molecule has 4 rings (SSSR count). The first-order chi connectivity index (χ1) is 12.9. The molecule has 0 spiro atoms. The van der Waals surface area contributed by atoms with Crippen LogP contribution in [0.4, 0.5) is 5.69 Å². The van der Waals surface area contributed by atoms with Crippen molar-refractivity contribution in [3.8, 4) is 17.0 Å². The molecule has 1 aromatic heterocycles. The van der Waals surface area contributed by atoms with E-state index >= 15 is 0 Å². The lowest BCUT2D eigenvalue weighted by molar-refractivity contribution is 0.411. The van der Waals surface area contributed by atoms with Crippen molar-refractivity contribution in [2.75, 3.05) is 11.4 Å². The Balaban J connectivity index is 1.69. The van der Waals surface area contributed by atoms with E-state index in [4.69, 9.17) is 10.4 Å². The first-order valence-electron chi connectivity index (χ1n) is 8.56. The molecule has 1 aliphatic rings. The monoisotopic (exact) mass is 377 g/mol. The number of phenols is 1. The number of anilines is 1. The molecule has 2 aromatic carbocycles. The molecule has 0 fully saturated rings. The summed E-state index contributed by atoms with van der Waals surface area (Å²) in [6, 6.07) is 14.8. The SMILES string of the molecule is Cc1ccc(-c2nc(C3=C(O)CN(c4cccc(O)c4)C3=N)sc2C)cc1. The van der Waals surface area contributed by atoms with Crippen LogP contribution in [-0.4, -0.2) is 27.6 Å². The smallest absolute Gasteiger partial charge is 0.139 e. The van der Waals surface area contributed by atoms with Crippen molar-refractivity contribution in [3.05, 3.63) is 69.7 Å². The molecule has 0 bridgehead atoms. The molecule has 0 radical (unpaired) electrons. The molecule has 0 atom stereocenters. The van der Waals surface area contributed by atoms with Gasteiger partial charge in [-0.15, -0.1) is 11.3 Å². The minimum atomic E-state index is 0.118. The van der Waals surface area contributed by atoms with Gasteiger partial charge in [0.05, 0.1) is 17.8 Å². The van der Waals surface area contributed by atoms with Gasteiger partial charge in [0.15, 0.2) is 0 Å². The molecule has 3 N–H and O–H groups in total. The van der Waals surface area contributed by atoms with Gasteiger partial charge in [0.1, 0.15) is 22.4 Å². The van der Waals surface area contributed by atoms with Crippen molar-refractivity contribution in [2.24, 2.45) is 0 Å². The number of thiazole rings is 1. The van der Waals surface area contributed by atoms with E-state index in [1.807, 2.05) is 38.1 Å². The molecule has 1 aliphatic heterocycles. The van der Waals surface area contributed by atoms with E-state index in [9.17, 15) is 10.2 Å². The van der Waals surface area contributed by atoms with Gasteiger partial charge in [0.25, 0.3) is 0 Å². The van der Waals surface area contributed by atoms with Crippen LogP contribution in [0.3, 0.4) is 0 Å². The Kier molecular flexibility index (Phi) is 4.20. The lowest BCUT2D eigenvalue weighted by atomic mass is 10.1. The van der Waals surface area contributed by atoms with Crippen molar-refractivity contribution in [3.63, 3.8) is 0 Å². The fourth-order valence-corrected chi connectivity index (χ4v) is 4.17. The number of aromatic nitrogens is 1. The Morgan fingerprint density at radius 2 is 1.81 bits per heavy atom. The van der Waals surface area contributed by atoms with Crippen molar-refractivity contribution in [2.45, 2.75) is 13.8 Å². The highest BCUT2D eigenvalue weighted by Gasteiger charge is 2.32. The third kappa shape index (κ3) is 3.08. The topological polar surface area (TPSA) is 80.4 Å². The summed E-state index contributed by atoms with van der Waals surface area (Å²) in [5.74, 6) is 0.426. The number of hydrogen-bond donors (Lipinski definition) is 3. The fraction of sp³-hybridized carbons (Fsp3) is 0.143. The van der Waals surface area contributed by atoms with Crippen molar-refractivity contribution in [1.82, 2.24) is 4.98 Å². The maximum Gasteiger partial charge on any atom is 0.139 e. The van der Waals surface area contributed by atoms with Gasteiger partial charge in [-0.25, -0.2) is 4.98 Å². The van der Waals surface area contributed by atoms with Gasteiger partial charge in [-0.3, -0.25) is 5.41 Å². The van der Waals surface area contributed by atoms with Gasteiger partial charge in [-0.2, -0.15) is 0 Å². The van der Waals surface area contributed by atoms with Gasteiger partial charge in [0, 0.05) is 22.2 Å². The van der Waals surface area contributed by atoms with Crippen LogP contribution < -0.4 is 4.90 Å². The van der Waals surface area contributed by atoms with E-state index in [-0.39, 0.29) is 23.9 Å². The van der Waals surface area contributed by atoms with E-state index in [1.54, 1.807) is 29.2 Å². The van der Waals surface area contributed by atoms with Crippen LogP contribution in [0.15, 0.2) is 54.3 Å². The molecule has 0 aliphatic carbocycles. The Labute approximate surface area is 161 Å². The fourth-order valence-electron chi connectivity index (χ4n) is 3.17. The van der Waals surface area contributed by atoms with Crippen LogP contribution in [0.5, 0.6) is 5.75 Å². The number of nitrogens with zero attached hydrogens (tertiary/aromatic N) is 2. The average molecular weight is 377 g/mol. The quantitative estimate of drug-likeness (QED) is 0.606. The second-order valence-corrected chi connectivity index (χ2v) is 7.77. The zero-order chi connectivity index (χ0) is 19.1. The van der Waals surface area contributed by atoms with Crippen LogP contribution in [0.25, 0.3) is 16.8 Å². The Bertz CT molecular complexity index is 1070. The molecule has 3 aromatic rings. The minimum Gasteiger partial charge on any atom is -0.510 e. The highest BCUT2D eigenvalue weighted by atomic mass is 32.1. The molecular formula is C21H19N3O2S. The molecule has 2 heterocycles. The summed E-state index contributed by atoms with van der Waals surface area (Å²) in [6.45, 7) is 4.23. The number of aliphatic hydroxyl groups is 1. The Morgan fingerprint density at radius 3 is 2.52 bits per heavy atom. The molecule has 0 saturated carbocycles. The summed E-state index contributed by atoms with van der Waals surface area (Å²) in [4.78, 5) is 7.42. The van der Waals surface area contributed by atoms with Gasteiger partial charge in [0.2, 0.25) is 0 Å². The molecule has 0 saturated heterocycles. The Morgan fingerprint density at radius 1 is 1.07 bits per heavy atom. The zero-order valence-electron chi connectivity index (χ0n) is 15.0. The number of amidine groups is 1. The van der Waals surface area contributed by atoms with E-state index in [0.29, 0.717) is 16.3 Å². The maximum atomic E-state index is 10.5. The van der Waals surface area contributed by atoms with Crippen LogP contribution in [0.2, 0.25) is 0 Å². The number of aromatic hydroxyl groups is 1. The van der Waals surface area contributed by atoms with Crippen molar-refractivity contribution in [1.29, 1.82) is 5.41 Å². The van der Waals surface area contributed by atoms with Crippen molar-refractivity contribution >= 4 is 28.4 Å². The first kappa shape index (κ1) is 17.3. The molecular weight excluding hydrogens is 358 g/mol. The maximum absolute atomic E-state index is 10.5. The minimum absolute atomic E-state index is 0.118. The standard InChI is InChI=1S/C21H19N3O2S/c1-12-6-8-14(9-7-12)19-13(2)27-21(23-19)18-17(26)11-24(20(18)22)15-4-3-5-16(25)10-15/h3-10,22,25-26H,11H2,1-2H3. The van der Waals surface area contributed by atoms with Gasteiger partial charge < -0.3 is 15.1 Å². The van der Waals surface area contributed by atoms with Gasteiger partial charge in [-0.1, -0.05) is 35.9 Å². The summed E-state index contributed by atoms with van der Waals surface area (Å²) >= 11 is 1.47. The van der Waals surface area contributed by atoms with Crippen LogP contribution in [-0.2, 0) is 0 Å². The summed E-state index contributed by atoms with van der Waals surface area (Å²) in [7, 11) is 0. The predicted octanol–water partition coefficient (Wildman–Crippen LogP) is 4.90. The van der Waals surface area contributed by atoms with Crippen LogP contribution in [0.1, 0.15) is 15.4 Å². The number of hydrogen-bond acceptors (Lipinski definition) is 5. The Hall–Kier alpha value is -3.12. The molecule has 136 valence electrons. The lowest BCUT2D eigenvalue weighted by Gasteiger charge is -2.18. The predicted molar refractivity (Wildman–Crippen MR) is 110 cm³/mol. The molecule has 5 nitrogen and oxygen atoms in total. The molecule has 27 heavy (non-hydrogen) atoms. The van der Waals surface area contributed by atoms with Crippen LogP contribution in [0, 0.1) is 19.3 Å². The van der Waals surface area contributed by atoms with E-state index in [0.717, 1.165) is 16.1 Å². The summed E-state index contributed by atoms with van der Waals surface area (Å²) in [5.41, 5.74) is 4.19. The van der Waals surface area contributed by atoms with Gasteiger partial charge in [-0.05, 0) is 26.0 Å². The number of benzene rings is 2. The summed E-state index contributed by atoms with van der Waals surface area (Å²) < 4.78 is 0. The molecule has 6 heteroatoms. The zero-order valence-corrected chi connectivity index (χ0v) is 15.8. The van der Waals surface area contributed by atoms with E-state index in [2.05, 4.69) is 0 Å². The highest BCUT2D eigenvalue weighted by Crippen LogP contribution is 2.37. The van der Waals surface area contributed by atoms with Crippen LogP contribution >= 0.6 is 11.3 Å². The largest absolute Gasteiger partial charge is 0.510 e. The summed E-state index contributed by atoms with van der Waals surface area (Å²) in [5, 5.41) is 29.4. The second-order valence-electron chi connectivity index (χ2n) is 6.57. The third-order valence-electron chi connectivity index (χ3n) is 4.58. The normalized spacial score (nSPS) is 14.3. The summed E-state index contributed by atoms with van der Waals surface area (Å²) in [6.07, 6.45) is 0. The number of aryl methyl sites for hydroxylation is 2. The first-order valence-corrected chi connectivity index (χ1v) is 9.38. The highest BCUT2D eigenvalue weighted by molar-refractivity contribution is 7.13. The van der Waals surface area contributed by atoms with E-state index in [1.165, 1.54) is 16.9 Å². The van der Waals surface area contributed by atoms with Gasteiger partial charge >= 0.3 is 0 Å². The van der Waals surface area contributed by atoms with Crippen molar-refractivity contribution < 1.29 is 10.2 Å². The number of aliphatic hydroxyl groups excluding tert-OH is 1. The average Bonchev–Trinajstić information content (AvgIpc) is 3.15. The number of rotatable bonds is 3. The molecule has 0 amide bonds. The lowest BCUT2D eigenvalue weighted by Crippen LogP contribution is -2.25.